The molecule has 4 heteroatoms. The molecule has 28 heavy (non-hydrogen) atoms. The molecule has 1 N–H and O–H groups in total. The zero-order valence-electron chi connectivity index (χ0n) is 18.8. The van der Waals surface area contributed by atoms with Crippen LogP contribution in [-0.2, 0) is 16.6 Å². The van der Waals surface area contributed by atoms with E-state index in [1.807, 2.05) is 4.90 Å². The highest BCUT2D eigenvalue weighted by molar-refractivity contribution is 5.76. The Morgan fingerprint density at radius 2 is 1.86 bits per heavy atom. The summed E-state index contributed by atoms with van der Waals surface area (Å²) in [7, 11) is 0. The van der Waals surface area contributed by atoms with Gasteiger partial charge in [-0.3, -0.25) is 4.79 Å². The first kappa shape index (κ1) is 22.9. The molecule has 0 radical (unpaired) electrons. The van der Waals surface area contributed by atoms with Crippen LogP contribution in [0.25, 0.3) is 0 Å². The van der Waals surface area contributed by atoms with Crippen LogP contribution in [0.2, 0.25) is 0 Å². The molecular formula is C24H41N3O. The SMILES string of the molecule is CCN(CCCCN1CCNCCC1=O)C(C)Cc1ccc(C(C)(C)C)cc1. The molecule has 2 rings (SSSR count). The summed E-state index contributed by atoms with van der Waals surface area (Å²) in [6.45, 7) is 17.1. The van der Waals surface area contributed by atoms with Gasteiger partial charge in [0.1, 0.15) is 0 Å². The van der Waals surface area contributed by atoms with Gasteiger partial charge in [0.05, 0.1) is 0 Å². The Morgan fingerprint density at radius 1 is 1.14 bits per heavy atom. The van der Waals surface area contributed by atoms with Crippen LogP contribution >= 0.6 is 0 Å². The number of likely N-dealkylation sites (N-methyl/N-ethyl adjacent to an activating group) is 1. The molecule has 0 aromatic heterocycles. The average molecular weight is 388 g/mol. The Bertz CT molecular complexity index is 591. The maximum absolute atomic E-state index is 12.1. The van der Waals surface area contributed by atoms with E-state index in [2.05, 4.69) is 69.1 Å². The van der Waals surface area contributed by atoms with Crippen molar-refractivity contribution in [3.8, 4) is 0 Å². The van der Waals surface area contributed by atoms with E-state index in [9.17, 15) is 4.79 Å². The molecule has 1 unspecified atom stereocenters. The van der Waals surface area contributed by atoms with Crippen molar-refractivity contribution in [2.75, 3.05) is 39.3 Å². The zero-order chi connectivity index (χ0) is 20.6. The predicted octanol–water partition coefficient (Wildman–Crippen LogP) is 3.84. The maximum Gasteiger partial charge on any atom is 0.223 e. The van der Waals surface area contributed by atoms with Crippen LogP contribution in [0.15, 0.2) is 24.3 Å². The third-order valence-corrected chi connectivity index (χ3v) is 5.93. The van der Waals surface area contributed by atoms with Gasteiger partial charge in [-0.2, -0.15) is 0 Å². The van der Waals surface area contributed by atoms with Crippen molar-refractivity contribution in [1.82, 2.24) is 15.1 Å². The lowest BCUT2D eigenvalue weighted by atomic mass is 9.86. The van der Waals surface area contributed by atoms with Crippen molar-refractivity contribution in [3.63, 3.8) is 0 Å². The number of rotatable bonds is 9. The fourth-order valence-corrected chi connectivity index (χ4v) is 3.97. The topological polar surface area (TPSA) is 35.6 Å². The van der Waals surface area contributed by atoms with Gasteiger partial charge in [-0.05, 0) is 55.8 Å². The van der Waals surface area contributed by atoms with Crippen molar-refractivity contribution >= 4 is 5.91 Å². The molecule has 1 fully saturated rings. The minimum atomic E-state index is 0.213. The first-order chi connectivity index (χ1) is 13.3. The minimum Gasteiger partial charge on any atom is -0.341 e. The number of nitrogens with one attached hydrogen (secondary N) is 1. The van der Waals surface area contributed by atoms with Gasteiger partial charge in [0.2, 0.25) is 5.91 Å². The average Bonchev–Trinajstić information content (AvgIpc) is 2.85. The molecule has 1 heterocycles. The fraction of sp³-hybridized carbons (Fsp3) is 0.708. The van der Waals surface area contributed by atoms with E-state index in [0.717, 1.165) is 58.5 Å². The summed E-state index contributed by atoms with van der Waals surface area (Å²) in [5.41, 5.74) is 3.03. The smallest absolute Gasteiger partial charge is 0.223 e. The lowest BCUT2D eigenvalue weighted by Crippen LogP contribution is -2.36. The zero-order valence-corrected chi connectivity index (χ0v) is 18.8. The molecule has 1 aromatic rings. The van der Waals surface area contributed by atoms with Crippen LogP contribution in [0.5, 0.6) is 0 Å². The van der Waals surface area contributed by atoms with E-state index in [1.54, 1.807) is 0 Å². The fourth-order valence-electron chi connectivity index (χ4n) is 3.97. The van der Waals surface area contributed by atoms with Gasteiger partial charge in [0.25, 0.3) is 0 Å². The molecule has 0 saturated carbocycles. The van der Waals surface area contributed by atoms with Crippen molar-refractivity contribution in [2.45, 2.75) is 71.8 Å². The number of carbonyl (C=O) groups excluding carboxylic acids is 1. The molecular weight excluding hydrogens is 346 g/mol. The molecule has 1 aromatic carbocycles. The number of benzene rings is 1. The monoisotopic (exact) mass is 387 g/mol. The van der Waals surface area contributed by atoms with E-state index < -0.39 is 0 Å². The van der Waals surface area contributed by atoms with Crippen LogP contribution < -0.4 is 5.32 Å². The molecule has 0 aliphatic carbocycles. The van der Waals surface area contributed by atoms with Crippen LogP contribution in [-0.4, -0.2) is 61.0 Å². The van der Waals surface area contributed by atoms with E-state index >= 15 is 0 Å². The Hall–Kier alpha value is -1.39. The summed E-state index contributed by atoms with van der Waals surface area (Å²) in [6.07, 6.45) is 3.98. The highest BCUT2D eigenvalue weighted by atomic mass is 16.2. The van der Waals surface area contributed by atoms with E-state index in [4.69, 9.17) is 0 Å². The van der Waals surface area contributed by atoms with Gasteiger partial charge < -0.3 is 15.1 Å². The summed E-state index contributed by atoms with van der Waals surface area (Å²) in [5.74, 6) is 0.310. The Kier molecular flexibility index (Phi) is 8.97. The number of carbonyl (C=O) groups is 1. The third kappa shape index (κ3) is 7.21. The predicted molar refractivity (Wildman–Crippen MR) is 119 cm³/mol. The van der Waals surface area contributed by atoms with E-state index in [1.165, 1.54) is 11.1 Å². The van der Waals surface area contributed by atoms with Gasteiger partial charge in [-0.25, -0.2) is 0 Å². The molecule has 1 aliphatic heterocycles. The first-order valence-corrected chi connectivity index (χ1v) is 11.1. The molecule has 4 nitrogen and oxygen atoms in total. The second-order valence-electron chi connectivity index (χ2n) is 9.22. The highest BCUT2D eigenvalue weighted by Crippen LogP contribution is 2.22. The minimum absolute atomic E-state index is 0.213. The number of unbranched alkanes of at least 4 members (excludes halogenated alkanes) is 1. The molecule has 158 valence electrons. The lowest BCUT2D eigenvalue weighted by Gasteiger charge is -2.29. The van der Waals surface area contributed by atoms with Gasteiger partial charge >= 0.3 is 0 Å². The molecule has 0 spiro atoms. The number of nitrogens with zero attached hydrogens (tertiary/aromatic N) is 2. The molecule has 1 atom stereocenters. The highest BCUT2D eigenvalue weighted by Gasteiger charge is 2.17. The quantitative estimate of drug-likeness (QED) is 0.654. The van der Waals surface area contributed by atoms with E-state index in [0.29, 0.717) is 18.4 Å². The number of hydrogen-bond acceptors (Lipinski definition) is 3. The standard InChI is InChI=1S/C24H41N3O/c1-6-26(16-7-8-17-27-18-15-25-14-13-23(27)28)20(2)19-21-9-11-22(12-10-21)24(3,4)5/h9-12,20,25H,6-8,13-19H2,1-5H3. The van der Waals surface area contributed by atoms with Crippen molar-refractivity contribution in [3.05, 3.63) is 35.4 Å². The van der Waals surface area contributed by atoms with Gasteiger partial charge in [-0.15, -0.1) is 0 Å². The molecule has 1 amide bonds. The summed E-state index contributed by atoms with van der Waals surface area (Å²) >= 11 is 0. The normalized spacial score (nSPS) is 17.1. The summed E-state index contributed by atoms with van der Waals surface area (Å²) in [6, 6.07) is 9.69. The summed E-state index contributed by atoms with van der Waals surface area (Å²) < 4.78 is 0. The second-order valence-corrected chi connectivity index (χ2v) is 9.22. The van der Waals surface area contributed by atoms with Crippen molar-refractivity contribution < 1.29 is 4.79 Å². The molecule has 0 bridgehead atoms. The maximum atomic E-state index is 12.1. The summed E-state index contributed by atoms with van der Waals surface area (Å²) in [4.78, 5) is 16.7. The van der Waals surface area contributed by atoms with Crippen LogP contribution in [0.4, 0.5) is 0 Å². The van der Waals surface area contributed by atoms with Crippen LogP contribution in [0, 0.1) is 0 Å². The Morgan fingerprint density at radius 3 is 2.50 bits per heavy atom. The Balaban J connectivity index is 1.76. The Labute approximate surface area is 172 Å². The number of hydrogen-bond donors (Lipinski definition) is 1. The third-order valence-electron chi connectivity index (χ3n) is 5.93. The molecule has 1 aliphatic rings. The van der Waals surface area contributed by atoms with E-state index in [-0.39, 0.29) is 5.41 Å². The van der Waals surface area contributed by atoms with Crippen LogP contribution in [0.3, 0.4) is 0 Å². The van der Waals surface area contributed by atoms with Crippen molar-refractivity contribution in [2.24, 2.45) is 0 Å². The van der Waals surface area contributed by atoms with Gasteiger partial charge in [0.15, 0.2) is 0 Å². The molecule has 1 saturated heterocycles. The second kappa shape index (κ2) is 11.0. The first-order valence-electron chi connectivity index (χ1n) is 11.1. The van der Waals surface area contributed by atoms with Crippen molar-refractivity contribution in [1.29, 1.82) is 0 Å². The summed E-state index contributed by atoms with van der Waals surface area (Å²) in [5, 5.41) is 3.30. The largest absolute Gasteiger partial charge is 0.341 e. The van der Waals surface area contributed by atoms with Gasteiger partial charge in [0, 0.05) is 38.6 Å². The van der Waals surface area contributed by atoms with Gasteiger partial charge in [-0.1, -0.05) is 52.0 Å². The van der Waals surface area contributed by atoms with Crippen LogP contribution in [0.1, 0.15) is 65.0 Å². The lowest BCUT2D eigenvalue weighted by molar-refractivity contribution is -0.130. The number of amides is 1.